The van der Waals surface area contributed by atoms with Crippen molar-refractivity contribution in [1.82, 2.24) is 15.1 Å². The average Bonchev–Trinajstić information content (AvgIpc) is 3.22. The van der Waals surface area contributed by atoms with Crippen LogP contribution in [0.15, 0.2) is 30.3 Å². The molecule has 0 atom stereocenters. The van der Waals surface area contributed by atoms with E-state index in [1.807, 2.05) is 30.3 Å². The lowest BCUT2D eigenvalue weighted by Crippen LogP contribution is -2.45. The Hall–Kier alpha value is -2.21. The lowest BCUT2D eigenvalue weighted by atomic mass is 9.89. The summed E-state index contributed by atoms with van der Waals surface area (Å²) in [5.74, 6) is 0.118. The smallest absolute Gasteiger partial charge is 0.241 e. The van der Waals surface area contributed by atoms with Gasteiger partial charge in [0.15, 0.2) is 5.78 Å². The van der Waals surface area contributed by atoms with Crippen LogP contribution >= 0.6 is 0 Å². The van der Waals surface area contributed by atoms with E-state index in [9.17, 15) is 14.4 Å². The Morgan fingerprint density at radius 1 is 0.962 bits per heavy atom. The number of ketones is 1. The van der Waals surface area contributed by atoms with Crippen molar-refractivity contribution in [2.45, 2.75) is 25.7 Å². The molecule has 0 unspecified atom stereocenters. The fourth-order valence-corrected chi connectivity index (χ4v) is 3.70. The van der Waals surface area contributed by atoms with Crippen molar-refractivity contribution in [2.75, 3.05) is 39.3 Å². The molecule has 2 fully saturated rings. The van der Waals surface area contributed by atoms with Crippen molar-refractivity contribution in [3.8, 4) is 0 Å². The zero-order valence-corrected chi connectivity index (χ0v) is 15.2. The van der Waals surface area contributed by atoms with Gasteiger partial charge in [0.05, 0.1) is 13.1 Å². The first kappa shape index (κ1) is 18.6. The first-order valence-electron chi connectivity index (χ1n) is 9.49. The molecule has 0 spiro atoms. The summed E-state index contributed by atoms with van der Waals surface area (Å²) in [6.45, 7) is 3.45. The van der Waals surface area contributed by atoms with Gasteiger partial charge in [-0.1, -0.05) is 30.3 Å². The molecule has 0 radical (unpaired) electrons. The maximum Gasteiger partial charge on any atom is 0.241 e. The van der Waals surface area contributed by atoms with E-state index in [4.69, 9.17) is 0 Å². The van der Waals surface area contributed by atoms with Gasteiger partial charge in [0.1, 0.15) is 0 Å². The minimum atomic E-state index is -0.120. The minimum absolute atomic E-state index is 0.00279. The van der Waals surface area contributed by atoms with Crippen molar-refractivity contribution < 1.29 is 14.4 Å². The van der Waals surface area contributed by atoms with Crippen molar-refractivity contribution in [1.29, 1.82) is 0 Å². The molecule has 0 aliphatic carbocycles. The number of rotatable bonds is 6. The summed E-state index contributed by atoms with van der Waals surface area (Å²) in [5, 5.41) is 2.73. The summed E-state index contributed by atoms with van der Waals surface area (Å²) in [5.41, 5.74) is 0.768. The molecule has 0 aromatic heterocycles. The number of carbonyl (C=O) groups excluding carboxylic acids is 3. The Bertz CT molecular complexity index is 633. The molecule has 1 aromatic rings. The Morgan fingerprint density at radius 3 is 2.27 bits per heavy atom. The number of Topliss-reactive ketones (excluding diaryl/α,β-unsaturated/α-hetero) is 1. The van der Waals surface area contributed by atoms with Crippen molar-refractivity contribution in [2.24, 2.45) is 5.92 Å². The Kier molecular flexibility index (Phi) is 6.39. The molecule has 2 heterocycles. The number of nitrogens with zero attached hydrogens (tertiary/aromatic N) is 2. The molecule has 2 aliphatic rings. The van der Waals surface area contributed by atoms with Crippen LogP contribution in [-0.2, 0) is 9.59 Å². The second-order valence-corrected chi connectivity index (χ2v) is 7.15. The number of likely N-dealkylation sites (tertiary alicyclic amines) is 2. The van der Waals surface area contributed by atoms with E-state index in [1.54, 1.807) is 4.90 Å². The predicted molar refractivity (Wildman–Crippen MR) is 98.8 cm³/mol. The van der Waals surface area contributed by atoms with Gasteiger partial charge in [0, 0.05) is 24.6 Å². The molecule has 0 bridgehead atoms. The van der Waals surface area contributed by atoms with Crippen LogP contribution in [0.3, 0.4) is 0 Å². The molecule has 1 N–H and O–H groups in total. The summed E-state index contributed by atoms with van der Waals surface area (Å²) in [4.78, 5) is 40.4. The molecule has 1 aromatic carbocycles. The third kappa shape index (κ3) is 4.91. The average molecular weight is 357 g/mol. The van der Waals surface area contributed by atoms with E-state index in [1.165, 1.54) is 0 Å². The molecule has 0 saturated carbocycles. The third-order valence-electron chi connectivity index (χ3n) is 5.28. The Balaban J connectivity index is 1.37. The molecule has 140 valence electrons. The molecule has 3 rings (SSSR count). The minimum Gasteiger partial charge on any atom is -0.346 e. The van der Waals surface area contributed by atoms with Crippen molar-refractivity contribution in [3.63, 3.8) is 0 Å². The number of benzene rings is 1. The molecule has 2 amide bonds. The van der Waals surface area contributed by atoms with Gasteiger partial charge in [-0.05, 0) is 38.8 Å². The normalized spacial score (nSPS) is 18.7. The number of carbonyl (C=O) groups is 3. The van der Waals surface area contributed by atoms with Crippen LogP contribution in [-0.4, -0.2) is 66.7 Å². The highest BCUT2D eigenvalue weighted by atomic mass is 16.2. The van der Waals surface area contributed by atoms with Gasteiger partial charge >= 0.3 is 0 Å². The van der Waals surface area contributed by atoms with Crippen molar-refractivity contribution >= 4 is 17.6 Å². The van der Waals surface area contributed by atoms with E-state index < -0.39 is 0 Å². The SMILES string of the molecule is O=C(CN1CCC(C(=O)c2ccccc2)CC1)NCC(=O)N1CCCC1. The third-order valence-corrected chi connectivity index (χ3v) is 5.28. The molecular weight excluding hydrogens is 330 g/mol. The summed E-state index contributed by atoms with van der Waals surface area (Å²) < 4.78 is 0. The van der Waals surface area contributed by atoms with Crippen LogP contribution < -0.4 is 5.32 Å². The molecule has 2 aliphatic heterocycles. The fraction of sp³-hybridized carbons (Fsp3) is 0.550. The van der Waals surface area contributed by atoms with Gasteiger partial charge in [-0.3, -0.25) is 19.3 Å². The zero-order valence-electron chi connectivity index (χ0n) is 15.2. The van der Waals surface area contributed by atoms with Crippen LogP contribution in [0.4, 0.5) is 0 Å². The highest BCUT2D eigenvalue weighted by molar-refractivity contribution is 5.97. The van der Waals surface area contributed by atoms with Gasteiger partial charge in [-0.25, -0.2) is 0 Å². The molecular formula is C20H27N3O3. The number of hydrogen-bond donors (Lipinski definition) is 1. The molecule has 26 heavy (non-hydrogen) atoms. The van der Waals surface area contributed by atoms with E-state index >= 15 is 0 Å². The molecule has 2 saturated heterocycles. The lowest BCUT2D eigenvalue weighted by molar-refractivity contribution is -0.132. The summed E-state index contributed by atoms with van der Waals surface area (Å²) in [6.07, 6.45) is 3.65. The second-order valence-electron chi connectivity index (χ2n) is 7.15. The second kappa shape index (κ2) is 8.94. The van der Waals surface area contributed by atoms with E-state index in [0.29, 0.717) is 6.54 Å². The monoisotopic (exact) mass is 357 g/mol. The van der Waals surface area contributed by atoms with Gasteiger partial charge in [-0.2, -0.15) is 0 Å². The van der Waals surface area contributed by atoms with Gasteiger partial charge < -0.3 is 10.2 Å². The van der Waals surface area contributed by atoms with Crippen LogP contribution in [0.25, 0.3) is 0 Å². The Morgan fingerprint density at radius 2 is 1.62 bits per heavy atom. The van der Waals surface area contributed by atoms with E-state index in [0.717, 1.165) is 57.4 Å². The Labute approximate surface area is 154 Å². The van der Waals surface area contributed by atoms with Crippen LogP contribution in [0.2, 0.25) is 0 Å². The van der Waals surface area contributed by atoms with Gasteiger partial charge in [0.25, 0.3) is 0 Å². The summed E-state index contributed by atoms with van der Waals surface area (Å²) in [6, 6.07) is 9.40. The maximum absolute atomic E-state index is 12.5. The standard InChI is InChI=1S/C20H27N3O3/c24-18(21-14-19(25)23-10-4-5-11-23)15-22-12-8-17(9-13-22)20(26)16-6-2-1-3-7-16/h1-3,6-7,17H,4-5,8-15H2,(H,21,24). The maximum atomic E-state index is 12.5. The quantitative estimate of drug-likeness (QED) is 0.780. The number of hydrogen-bond acceptors (Lipinski definition) is 4. The highest BCUT2D eigenvalue weighted by Gasteiger charge is 2.26. The van der Waals surface area contributed by atoms with Crippen LogP contribution in [0.5, 0.6) is 0 Å². The lowest BCUT2D eigenvalue weighted by Gasteiger charge is -2.30. The van der Waals surface area contributed by atoms with E-state index in [2.05, 4.69) is 10.2 Å². The number of piperidine rings is 1. The number of nitrogens with one attached hydrogen (secondary N) is 1. The van der Waals surface area contributed by atoms with Crippen LogP contribution in [0.1, 0.15) is 36.0 Å². The highest BCUT2D eigenvalue weighted by Crippen LogP contribution is 2.21. The topological polar surface area (TPSA) is 69.7 Å². The van der Waals surface area contributed by atoms with Crippen LogP contribution in [0, 0.1) is 5.92 Å². The van der Waals surface area contributed by atoms with Crippen molar-refractivity contribution in [3.05, 3.63) is 35.9 Å². The first-order chi connectivity index (χ1) is 12.6. The molecule has 6 nitrogen and oxygen atoms in total. The van der Waals surface area contributed by atoms with Gasteiger partial charge in [-0.15, -0.1) is 0 Å². The first-order valence-corrected chi connectivity index (χ1v) is 9.49. The zero-order chi connectivity index (χ0) is 18.4. The van der Waals surface area contributed by atoms with E-state index in [-0.39, 0.29) is 30.1 Å². The largest absolute Gasteiger partial charge is 0.346 e. The fourth-order valence-electron chi connectivity index (χ4n) is 3.70. The predicted octanol–water partition coefficient (Wildman–Crippen LogP) is 1.32. The summed E-state index contributed by atoms with van der Waals surface area (Å²) >= 11 is 0. The molecule has 6 heteroatoms. The summed E-state index contributed by atoms with van der Waals surface area (Å²) in [7, 11) is 0. The van der Waals surface area contributed by atoms with Gasteiger partial charge in [0.2, 0.25) is 11.8 Å². The number of amides is 2.